The number of hydrogen-bond donors (Lipinski definition) is 1. The van der Waals surface area contributed by atoms with Gasteiger partial charge in [0, 0.05) is 18.2 Å². The van der Waals surface area contributed by atoms with Crippen LogP contribution >= 0.6 is 11.8 Å². The third-order valence-electron chi connectivity index (χ3n) is 3.40. The van der Waals surface area contributed by atoms with E-state index in [1.54, 1.807) is 0 Å². The first-order valence-electron chi connectivity index (χ1n) is 6.18. The van der Waals surface area contributed by atoms with Gasteiger partial charge in [-0.15, -0.1) is 0 Å². The van der Waals surface area contributed by atoms with Gasteiger partial charge in [0.25, 0.3) is 0 Å². The quantitative estimate of drug-likeness (QED) is 0.786. The maximum atomic E-state index is 5.96. The molecule has 2 rings (SSSR count). The zero-order valence-corrected chi connectivity index (χ0v) is 10.7. The lowest BCUT2D eigenvalue weighted by Gasteiger charge is -2.40. The Hall–Kier alpha value is 0.270. The van der Waals surface area contributed by atoms with Crippen molar-refractivity contribution in [2.45, 2.75) is 50.5 Å². The van der Waals surface area contributed by atoms with Gasteiger partial charge in [-0.05, 0) is 31.4 Å². The molecule has 1 N–H and O–H groups in total. The Morgan fingerprint density at radius 2 is 2.33 bits per heavy atom. The van der Waals surface area contributed by atoms with Crippen LogP contribution in [0.4, 0.5) is 0 Å². The zero-order chi connectivity index (χ0) is 10.7. The molecule has 0 aliphatic carbocycles. The summed E-state index contributed by atoms with van der Waals surface area (Å²) in [5.74, 6) is 2.01. The van der Waals surface area contributed by atoms with Gasteiger partial charge in [-0.25, -0.2) is 0 Å². The van der Waals surface area contributed by atoms with Crippen molar-refractivity contribution >= 4 is 11.8 Å². The average molecular weight is 229 g/mol. The van der Waals surface area contributed by atoms with E-state index in [2.05, 4.69) is 30.9 Å². The van der Waals surface area contributed by atoms with Crippen LogP contribution in [-0.4, -0.2) is 29.9 Å². The second-order valence-corrected chi connectivity index (χ2v) is 6.63. The average Bonchev–Trinajstić information content (AvgIpc) is 2.24. The van der Waals surface area contributed by atoms with Crippen LogP contribution in [0, 0.1) is 5.92 Å². The Morgan fingerprint density at radius 3 is 2.93 bits per heavy atom. The maximum absolute atomic E-state index is 5.96. The molecule has 0 aromatic heterocycles. The van der Waals surface area contributed by atoms with E-state index in [0.29, 0.717) is 5.92 Å². The molecular weight excluding hydrogens is 206 g/mol. The molecule has 0 radical (unpaired) electrons. The van der Waals surface area contributed by atoms with Crippen molar-refractivity contribution in [2.75, 3.05) is 18.9 Å². The van der Waals surface area contributed by atoms with Crippen LogP contribution in [0.25, 0.3) is 0 Å². The number of thioether (sulfide) groups is 1. The van der Waals surface area contributed by atoms with Gasteiger partial charge in [-0.2, -0.15) is 11.8 Å². The van der Waals surface area contributed by atoms with E-state index < -0.39 is 0 Å². The Labute approximate surface area is 97.5 Å². The smallest absolute Gasteiger partial charge is 0.117 e. The van der Waals surface area contributed by atoms with E-state index in [0.717, 1.165) is 18.4 Å². The largest absolute Gasteiger partial charge is 0.361 e. The first-order chi connectivity index (χ1) is 7.18. The highest BCUT2D eigenvalue weighted by molar-refractivity contribution is 7.99. The normalized spacial score (nSPS) is 42.8. The third-order valence-corrected chi connectivity index (χ3v) is 4.80. The summed E-state index contributed by atoms with van der Waals surface area (Å²) in [6.45, 7) is 6.48. The Balaban J connectivity index is 1.81. The van der Waals surface area contributed by atoms with Crippen molar-refractivity contribution in [3.63, 3.8) is 0 Å². The highest BCUT2D eigenvalue weighted by Gasteiger charge is 2.33. The number of nitrogens with one attached hydrogen (secondary N) is 1. The molecule has 2 nitrogen and oxygen atoms in total. The maximum Gasteiger partial charge on any atom is 0.117 e. The standard InChI is InChI=1S/C12H23NOS/c1-10-8-13-12(2,14-9-10)7-11-5-3-4-6-15-11/h10-11,13H,3-9H2,1-2H3. The lowest BCUT2D eigenvalue weighted by molar-refractivity contribution is -0.105. The van der Waals surface area contributed by atoms with Gasteiger partial charge in [0.15, 0.2) is 0 Å². The molecule has 2 aliphatic heterocycles. The van der Waals surface area contributed by atoms with Gasteiger partial charge >= 0.3 is 0 Å². The fourth-order valence-corrected chi connectivity index (χ4v) is 3.83. The Bertz CT molecular complexity index is 196. The van der Waals surface area contributed by atoms with Gasteiger partial charge in [0.05, 0.1) is 6.61 Å². The summed E-state index contributed by atoms with van der Waals surface area (Å²) in [5, 5.41) is 4.37. The van der Waals surface area contributed by atoms with E-state index in [1.807, 2.05) is 0 Å². The summed E-state index contributed by atoms with van der Waals surface area (Å²) >= 11 is 2.14. The van der Waals surface area contributed by atoms with Crippen LogP contribution in [-0.2, 0) is 4.74 Å². The van der Waals surface area contributed by atoms with E-state index >= 15 is 0 Å². The first-order valence-corrected chi connectivity index (χ1v) is 7.23. The van der Waals surface area contributed by atoms with Gasteiger partial charge in [0.1, 0.15) is 5.72 Å². The van der Waals surface area contributed by atoms with Crippen molar-refractivity contribution in [3.8, 4) is 0 Å². The molecule has 2 aliphatic rings. The summed E-state index contributed by atoms with van der Waals surface area (Å²) in [6.07, 6.45) is 5.36. The van der Waals surface area contributed by atoms with Crippen LogP contribution < -0.4 is 5.32 Å². The summed E-state index contributed by atoms with van der Waals surface area (Å²) in [5.41, 5.74) is -0.0541. The summed E-state index contributed by atoms with van der Waals surface area (Å²) in [4.78, 5) is 0. The molecule has 2 saturated heterocycles. The Kier molecular flexibility index (Phi) is 3.97. The van der Waals surface area contributed by atoms with E-state index in [-0.39, 0.29) is 5.72 Å². The Morgan fingerprint density at radius 1 is 1.47 bits per heavy atom. The van der Waals surface area contributed by atoms with Crippen LogP contribution in [0.3, 0.4) is 0 Å². The first kappa shape index (κ1) is 11.7. The molecule has 0 aromatic rings. The summed E-state index contributed by atoms with van der Waals surface area (Å²) < 4.78 is 5.96. The minimum atomic E-state index is -0.0541. The van der Waals surface area contributed by atoms with Crippen LogP contribution in [0.5, 0.6) is 0 Å². The third kappa shape index (κ3) is 3.36. The van der Waals surface area contributed by atoms with Gasteiger partial charge in [-0.1, -0.05) is 13.3 Å². The van der Waals surface area contributed by atoms with Crippen molar-refractivity contribution in [1.82, 2.24) is 5.32 Å². The lowest BCUT2D eigenvalue weighted by atomic mass is 10.0. The van der Waals surface area contributed by atoms with Crippen LogP contribution in [0.2, 0.25) is 0 Å². The molecule has 2 heterocycles. The van der Waals surface area contributed by atoms with Crippen molar-refractivity contribution < 1.29 is 4.74 Å². The lowest BCUT2D eigenvalue weighted by Crippen LogP contribution is -2.53. The van der Waals surface area contributed by atoms with E-state index in [9.17, 15) is 0 Å². The molecule has 2 fully saturated rings. The molecule has 88 valence electrons. The molecule has 0 spiro atoms. The molecule has 0 aromatic carbocycles. The minimum Gasteiger partial charge on any atom is -0.361 e. The predicted octanol–water partition coefficient (Wildman–Crippen LogP) is 2.63. The highest BCUT2D eigenvalue weighted by Crippen LogP contribution is 2.32. The second kappa shape index (κ2) is 5.07. The topological polar surface area (TPSA) is 21.3 Å². The number of hydrogen-bond acceptors (Lipinski definition) is 3. The second-order valence-electron chi connectivity index (χ2n) is 5.22. The zero-order valence-electron chi connectivity index (χ0n) is 9.92. The van der Waals surface area contributed by atoms with Crippen molar-refractivity contribution in [1.29, 1.82) is 0 Å². The molecule has 3 heteroatoms. The number of rotatable bonds is 2. The van der Waals surface area contributed by atoms with Crippen molar-refractivity contribution in [2.24, 2.45) is 5.92 Å². The predicted molar refractivity (Wildman–Crippen MR) is 66.2 cm³/mol. The monoisotopic (exact) mass is 229 g/mol. The minimum absolute atomic E-state index is 0.0541. The fourth-order valence-electron chi connectivity index (χ4n) is 2.36. The molecule has 3 atom stereocenters. The van der Waals surface area contributed by atoms with Gasteiger partial charge in [0.2, 0.25) is 0 Å². The summed E-state index contributed by atoms with van der Waals surface area (Å²) in [6, 6.07) is 0. The van der Waals surface area contributed by atoms with Crippen molar-refractivity contribution in [3.05, 3.63) is 0 Å². The summed E-state index contributed by atoms with van der Waals surface area (Å²) in [7, 11) is 0. The van der Waals surface area contributed by atoms with Crippen LogP contribution in [0.15, 0.2) is 0 Å². The van der Waals surface area contributed by atoms with Crippen LogP contribution in [0.1, 0.15) is 39.5 Å². The SMILES string of the molecule is CC1CNC(C)(CC2CCCCS2)OC1. The van der Waals surface area contributed by atoms with E-state index in [4.69, 9.17) is 4.74 Å². The molecule has 3 unspecified atom stereocenters. The van der Waals surface area contributed by atoms with Gasteiger partial charge < -0.3 is 4.74 Å². The molecule has 15 heavy (non-hydrogen) atoms. The molecule has 0 bridgehead atoms. The molecular formula is C12H23NOS. The van der Waals surface area contributed by atoms with Gasteiger partial charge in [-0.3, -0.25) is 5.32 Å². The fraction of sp³-hybridized carbons (Fsp3) is 1.00. The highest BCUT2D eigenvalue weighted by atomic mass is 32.2. The number of ether oxygens (including phenoxy) is 1. The van der Waals surface area contributed by atoms with E-state index in [1.165, 1.54) is 31.4 Å². The molecule has 0 saturated carbocycles. The molecule has 0 amide bonds.